The van der Waals surface area contributed by atoms with Crippen LogP contribution in [0, 0.1) is 11.8 Å². The topological polar surface area (TPSA) is 75.6 Å². The van der Waals surface area contributed by atoms with Gasteiger partial charge < -0.3 is 14.5 Å². The van der Waals surface area contributed by atoms with Crippen LogP contribution < -0.4 is 4.90 Å². The van der Waals surface area contributed by atoms with Gasteiger partial charge >= 0.3 is 5.97 Å². The molecule has 7 heteroatoms. The molecule has 2 fully saturated rings. The number of hydrogen-bond donors (Lipinski definition) is 0. The predicted octanol–water partition coefficient (Wildman–Crippen LogP) is 3.35. The van der Waals surface area contributed by atoms with Gasteiger partial charge in [0.2, 0.25) is 0 Å². The van der Waals surface area contributed by atoms with E-state index in [1.807, 2.05) is 13.0 Å². The van der Waals surface area contributed by atoms with E-state index in [1.165, 1.54) is 5.56 Å². The maximum absolute atomic E-state index is 12.8. The average Bonchev–Trinajstić information content (AvgIpc) is 2.85. The lowest BCUT2D eigenvalue weighted by Crippen LogP contribution is -2.41. The molecule has 1 amide bonds. The van der Waals surface area contributed by atoms with Gasteiger partial charge in [-0.2, -0.15) is 0 Å². The molecular formula is C25H32N4O3. The standard InChI is InChI=1S/C25H32N4O3/c1-2-32-25(31)21-12-16-29(17-13-21)24(30)22-8-9-23(27-26-22)28-14-10-20(11-15-28)18-19-6-4-3-5-7-19/h3-9,20-21H,2,10-18H2,1H3. The summed E-state index contributed by atoms with van der Waals surface area (Å²) >= 11 is 0. The Morgan fingerprint density at radius 2 is 1.66 bits per heavy atom. The molecule has 0 atom stereocenters. The molecule has 2 aliphatic rings. The first-order chi connectivity index (χ1) is 15.6. The summed E-state index contributed by atoms with van der Waals surface area (Å²) in [5.41, 5.74) is 1.77. The van der Waals surface area contributed by atoms with Gasteiger partial charge in [0, 0.05) is 26.2 Å². The molecule has 0 spiro atoms. The highest BCUT2D eigenvalue weighted by atomic mass is 16.5. The van der Waals surface area contributed by atoms with Crippen molar-refractivity contribution in [3.63, 3.8) is 0 Å². The third-order valence-corrected chi connectivity index (χ3v) is 6.58. The van der Waals surface area contributed by atoms with Gasteiger partial charge in [-0.15, -0.1) is 10.2 Å². The van der Waals surface area contributed by atoms with Gasteiger partial charge in [0.1, 0.15) is 0 Å². The summed E-state index contributed by atoms with van der Waals surface area (Å²) in [6, 6.07) is 14.4. The lowest BCUT2D eigenvalue weighted by molar-refractivity contribution is -0.149. The van der Waals surface area contributed by atoms with Gasteiger partial charge in [0.25, 0.3) is 5.91 Å². The van der Waals surface area contributed by atoms with Crippen LogP contribution in [0.5, 0.6) is 0 Å². The van der Waals surface area contributed by atoms with Crippen LogP contribution in [0.25, 0.3) is 0 Å². The molecule has 2 aromatic rings. The number of likely N-dealkylation sites (tertiary alicyclic amines) is 1. The van der Waals surface area contributed by atoms with Crippen molar-refractivity contribution in [1.29, 1.82) is 0 Å². The molecule has 1 aromatic carbocycles. The SMILES string of the molecule is CCOC(=O)C1CCN(C(=O)c2ccc(N3CCC(Cc4ccccc4)CC3)nn2)CC1. The molecule has 2 aliphatic heterocycles. The first kappa shape index (κ1) is 22.2. The molecule has 1 aromatic heterocycles. The number of aromatic nitrogens is 2. The van der Waals surface area contributed by atoms with Crippen molar-refractivity contribution >= 4 is 17.7 Å². The second kappa shape index (κ2) is 10.6. The Morgan fingerprint density at radius 3 is 2.28 bits per heavy atom. The summed E-state index contributed by atoms with van der Waals surface area (Å²) in [6.45, 7) is 5.21. The predicted molar refractivity (Wildman–Crippen MR) is 122 cm³/mol. The summed E-state index contributed by atoms with van der Waals surface area (Å²) in [4.78, 5) is 28.7. The largest absolute Gasteiger partial charge is 0.466 e. The summed E-state index contributed by atoms with van der Waals surface area (Å²) in [5, 5.41) is 8.57. The van der Waals surface area contributed by atoms with Crippen LogP contribution in [-0.4, -0.2) is 59.8 Å². The van der Waals surface area contributed by atoms with E-state index in [2.05, 4.69) is 45.4 Å². The smallest absolute Gasteiger partial charge is 0.309 e. The lowest BCUT2D eigenvalue weighted by atomic mass is 9.90. The van der Waals surface area contributed by atoms with Crippen molar-refractivity contribution in [2.75, 3.05) is 37.7 Å². The van der Waals surface area contributed by atoms with Crippen molar-refractivity contribution in [2.24, 2.45) is 11.8 Å². The molecule has 3 heterocycles. The molecule has 0 unspecified atom stereocenters. The molecule has 32 heavy (non-hydrogen) atoms. The second-order valence-corrected chi connectivity index (χ2v) is 8.72. The normalized spacial score (nSPS) is 17.9. The minimum Gasteiger partial charge on any atom is -0.466 e. The Bertz CT molecular complexity index is 887. The van der Waals surface area contributed by atoms with Crippen LogP contribution in [-0.2, 0) is 16.0 Å². The van der Waals surface area contributed by atoms with E-state index in [1.54, 1.807) is 11.0 Å². The van der Waals surface area contributed by atoms with Crippen molar-refractivity contribution in [3.05, 3.63) is 53.7 Å². The maximum Gasteiger partial charge on any atom is 0.309 e. The van der Waals surface area contributed by atoms with Gasteiger partial charge in [0.05, 0.1) is 12.5 Å². The van der Waals surface area contributed by atoms with E-state index in [0.717, 1.165) is 38.2 Å². The summed E-state index contributed by atoms with van der Waals surface area (Å²) in [5.74, 6) is 1.14. The van der Waals surface area contributed by atoms with E-state index < -0.39 is 0 Å². The van der Waals surface area contributed by atoms with Crippen LogP contribution in [0.1, 0.15) is 48.7 Å². The van der Waals surface area contributed by atoms with Crippen LogP contribution in [0.3, 0.4) is 0 Å². The number of hydrogen-bond acceptors (Lipinski definition) is 6. The molecule has 4 rings (SSSR count). The zero-order valence-corrected chi connectivity index (χ0v) is 18.8. The zero-order chi connectivity index (χ0) is 22.3. The lowest BCUT2D eigenvalue weighted by Gasteiger charge is -2.33. The van der Waals surface area contributed by atoms with Gasteiger partial charge in [-0.25, -0.2) is 0 Å². The number of carbonyl (C=O) groups is 2. The molecule has 7 nitrogen and oxygen atoms in total. The fourth-order valence-corrected chi connectivity index (χ4v) is 4.66. The van der Waals surface area contributed by atoms with E-state index in [0.29, 0.717) is 44.1 Å². The van der Waals surface area contributed by atoms with E-state index >= 15 is 0 Å². The summed E-state index contributed by atoms with van der Waals surface area (Å²) < 4.78 is 5.10. The number of anilines is 1. The third-order valence-electron chi connectivity index (χ3n) is 6.58. The van der Waals surface area contributed by atoms with Crippen molar-refractivity contribution in [2.45, 2.75) is 39.0 Å². The number of benzene rings is 1. The minimum atomic E-state index is -0.156. The number of esters is 1. The van der Waals surface area contributed by atoms with Crippen LogP contribution in [0.4, 0.5) is 5.82 Å². The quantitative estimate of drug-likeness (QED) is 0.647. The number of nitrogens with zero attached hydrogens (tertiary/aromatic N) is 4. The fraction of sp³-hybridized carbons (Fsp3) is 0.520. The highest BCUT2D eigenvalue weighted by Crippen LogP contribution is 2.25. The Morgan fingerprint density at radius 1 is 0.938 bits per heavy atom. The maximum atomic E-state index is 12.8. The van der Waals surface area contributed by atoms with E-state index in [4.69, 9.17) is 4.74 Å². The first-order valence-electron chi connectivity index (χ1n) is 11.7. The number of rotatable bonds is 6. The third kappa shape index (κ3) is 5.44. The molecular weight excluding hydrogens is 404 g/mol. The molecule has 0 saturated carbocycles. The van der Waals surface area contributed by atoms with Gasteiger partial charge in [-0.1, -0.05) is 30.3 Å². The van der Waals surface area contributed by atoms with Crippen LogP contribution in [0.2, 0.25) is 0 Å². The zero-order valence-electron chi connectivity index (χ0n) is 18.8. The van der Waals surface area contributed by atoms with Crippen molar-refractivity contribution in [3.8, 4) is 0 Å². The molecule has 170 valence electrons. The molecule has 0 aliphatic carbocycles. The Labute approximate surface area is 189 Å². The van der Waals surface area contributed by atoms with Crippen molar-refractivity contribution in [1.82, 2.24) is 15.1 Å². The Balaban J connectivity index is 1.26. The van der Waals surface area contributed by atoms with Crippen LogP contribution in [0.15, 0.2) is 42.5 Å². The van der Waals surface area contributed by atoms with Crippen molar-refractivity contribution < 1.29 is 14.3 Å². The second-order valence-electron chi connectivity index (χ2n) is 8.72. The molecule has 2 saturated heterocycles. The number of piperidine rings is 2. The Kier molecular flexibility index (Phi) is 7.35. The first-order valence-corrected chi connectivity index (χ1v) is 11.7. The minimum absolute atomic E-state index is 0.114. The molecule has 0 bridgehead atoms. The number of ether oxygens (including phenoxy) is 1. The fourth-order valence-electron chi connectivity index (χ4n) is 4.66. The molecule has 0 radical (unpaired) electrons. The highest BCUT2D eigenvalue weighted by Gasteiger charge is 2.29. The van der Waals surface area contributed by atoms with Gasteiger partial charge in [-0.3, -0.25) is 9.59 Å². The monoisotopic (exact) mass is 436 g/mol. The average molecular weight is 437 g/mol. The van der Waals surface area contributed by atoms with E-state index in [-0.39, 0.29) is 17.8 Å². The molecule has 0 N–H and O–H groups in total. The van der Waals surface area contributed by atoms with E-state index in [9.17, 15) is 9.59 Å². The summed E-state index contributed by atoms with van der Waals surface area (Å²) in [6.07, 6.45) is 4.65. The number of carbonyl (C=O) groups excluding carboxylic acids is 2. The number of amides is 1. The summed E-state index contributed by atoms with van der Waals surface area (Å²) in [7, 11) is 0. The van der Waals surface area contributed by atoms with Crippen LogP contribution >= 0.6 is 0 Å². The Hall–Kier alpha value is -2.96. The van der Waals surface area contributed by atoms with Gasteiger partial charge in [-0.05, 0) is 62.6 Å². The van der Waals surface area contributed by atoms with Gasteiger partial charge in [0.15, 0.2) is 11.5 Å². The highest BCUT2D eigenvalue weighted by molar-refractivity contribution is 5.92.